The molecule has 0 saturated heterocycles. The molecule has 2 aromatic rings. The molecule has 0 aliphatic carbocycles. The number of fused-ring (bicyclic) bond motifs is 1. The monoisotopic (exact) mass is 281 g/mol. The van der Waals surface area contributed by atoms with Gasteiger partial charge in [-0.2, -0.15) is 0 Å². The average molecular weight is 282 g/mol. The number of aromatic amines is 1. The first-order valence-electron chi connectivity index (χ1n) is 5.83. The molecule has 1 aliphatic heterocycles. The van der Waals surface area contributed by atoms with Crippen LogP contribution in [0, 0.1) is 5.82 Å². The van der Waals surface area contributed by atoms with E-state index in [2.05, 4.69) is 15.3 Å². The largest absolute Gasteiger partial charge is 0.311 e. The number of halogens is 2. The number of benzene rings is 1. The number of nitrogens with zero attached hydrogens (tertiary/aromatic N) is 1. The first-order valence-corrected chi connectivity index (χ1v) is 5.83. The molecule has 1 aromatic carbocycles. The van der Waals surface area contributed by atoms with Gasteiger partial charge in [0.15, 0.2) is 0 Å². The molecular formula is C13H13ClFN3O. The second-order valence-electron chi connectivity index (χ2n) is 4.25. The fourth-order valence-electron chi connectivity index (χ4n) is 2.15. The lowest BCUT2D eigenvalue weighted by Crippen LogP contribution is -2.31. The zero-order chi connectivity index (χ0) is 12.5. The third-order valence-corrected chi connectivity index (χ3v) is 3.07. The van der Waals surface area contributed by atoms with Gasteiger partial charge in [0.2, 0.25) is 0 Å². The molecule has 0 unspecified atom stereocenters. The maximum absolute atomic E-state index is 13.7. The molecule has 0 spiro atoms. The summed E-state index contributed by atoms with van der Waals surface area (Å²) in [6, 6.07) is 6.29. The van der Waals surface area contributed by atoms with E-state index in [1.165, 1.54) is 6.07 Å². The lowest BCUT2D eigenvalue weighted by atomic mass is 10.1. The minimum absolute atomic E-state index is 0. The van der Waals surface area contributed by atoms with Crippen LogP contribution in [-0.2, 0) is 13.0 Å². The van der Waals surface area contributed by atoms with E-state index >= 15 is 0 Å². The van der Waals surface area contributed by atoms with Crippen molar-refractivity contribution in [2.24, 2.45) is 0 Å². The molecule has 19 heavy (non-hydrogen) atoms. The highest BCUT2D eigenvalue weighted by atomic mass is 35.5. The summed E-state index contributed by atoms with van der Waals surface area (Å²) in [6.07, 6.45) is 0.662. The Hall–Kier alpha value is -1.72. The van der Waals surface area contributed by atoms with E-state index in [0.29, 0.717) is 35.6 Å². The van der Waals surface area contributed by atoms with Crippen LogP contribution in [0.15, 0.2) is 29.1 Å². The van der Waals surface area contributed by atoms with Crippen molar-refractivity contribution < 1.29 is 4.39 Å². The molecule has 1 aromatic heterocycles. The predicted octanol–water partition coefficient (Wildman–Crippen LogP) is 1.64. The molecule has 2 heterocycles. The van der Waals surface area contributed by atoms with Crippen LogP contribution in [0.4, 0.5) is 4.39 Å². The van der Waals surface area contributed by atoms with Crippen molar-refractivity contribution in [3.63, 3.8) is 0 Å². The van der Waals surface area contributed by atoms with Crippen molar-refractivity contribution in [3.05, 3.63) is 51.7 Å². The highest BCUT2D eigenvalue weighted by Crippen LogP contribution is 2.19. The Balaban J connectivity index is 0.00000133. The quantitative estimate of drug-likeness (QED) is 0.835. The average Bonchev–Trinajstić information content (AvgIpc) is 2.39. The third-order valence-electron chi connectivity index (χ3n) is 3.07. The van der Waals surface area contributed by atoms with Gasteiger partial charge in [0.1, 0.15) is 11.6 Å². The Bertz CT molecular complexity index is 657. The van der Waals surface area contributed by atoms with E-state index < -0.39 is 0 Å². The van der Waals surface area contributed by atoms with Gasteiger partial charge in [-0.15, -0.1) is 12.4 Å². The molecule has 0 atom stereocenters. The number of H-pyrrole nitrogens is 1. The molecule has 3 rings (SSSR count). The molecule has 0 bridgehead atoms. The second-order valence-corrected chi connectivity index (χ2v) is 4.25. The van der Waals surface area contributed by atoms with Crippen LogP contribution in [0.25, 0.3) is 11.4 Å². The van der Waals surface area contributed by atoms with Crippen LogP contribution in [0.2, 0.25) is 0 Å². The van der Waals surface area contributed by atoms with Gasteiger partial charge in [-0.25, -0.2) is 9.37 Å². The summed E-state index contributed by atoms with van der Waals surface area (Å²) in [5, 5.41) is 3.15. The molecular weight excluding hydrogens is 269 g/mol. The van der Waals surface area contributed by atoms with Crippen LogP contribution < -0.4 is 10.9 Å². The van der Waals surface area contributed by atoms with Crippen LogP contribution >= 0.6 is 12.4 Å². The lowest BCUT2D eigenvalue weighted by molar-refractivity contribution is 0.614. The maximum atomic E-state index is 13.7. The molecule has 4 nitrogen and oxygen atoms in total. The normalized spacial score (nSPS) is 13.5. The molecule has 0 radical (unpaired) electrons. The van der Waals surface area contributed by atoms with Gasteiger partial charge in [-0.1, -0.05) is 12.1 Å². The number of rotatable bonds is 1. The van der Waals surface area contributed by atoms with Crippen LogP contribution in [0.3, 0.4) is 0 Å². The van der Waals surface area contributed by atoms with Gasteiger partial charge in [0, 0.05) is 12.1 Å². The summed E-state index contributed by atoms with van der Waals surface area (Å²) in [7, 11) is 0. The van der Waals surface area contributed by atoms with E-state index in [4.69, 9.17) is 0 Å². The van der Waals surface area contributed by atoms with E-state index in [9.17, 15) is 9.18 Å². The maximum Gasteiger partial charge on any atom is 0.254 e. The molecule has 0 amide bonds. The van der Waals surface area contributed by atoms with Gasteiger partial charge in [-0.05, 0) is 25.1 Å². The summed E-state index contributed by atoms with van der Waals surface area (Å²) in [6.45, 7) is 1.33. The number of nitrogens with one attached hydrogen (secondary N) is 2. The molecule has 100 valence electrons. The summed E-state index contributed by atoms with van der Waals surface area (Å²) in [4.78, 5) is 18.9. The molecule has 1 aliphatic rings. The molecule has 0 saturated carbocycles. The summed E-state index contributed by atoms with van der Waals surface area (Å²) < 4.78 is 13.7. The smallest absolute Gasteiger partial charge is 0.254 e. The van der Waals surface area contributed by atoms with Crippen LogP contribution in [0.5, 0.6) is 0 Å². The van der Waals surface area contributed by atoms with E-state index in [1.807, 2.05) is 0 Å². The molecule has 2 N–H and O–H groups in total. The van der Waals surface area contributed by atoms with Gasteiger partial charge in [0.05, 0.1) is 11.3 Å². The number of aromatic nitrogens is 2. The highest BCUT2D eigenvalue weighted by molar-refractivity contribution is 5.85. The van der Waals surface area contributed by atoms with Crippen molar-refractivity contribution in [1.29, 1.82) is 0 Å². The van der Waals surface area contributed by atoms with Crippen molar-refractivity contribution in [2.75, 3.05) is 6.54 Å². The minimum Gasteiger partial charge on any atom is -0.311 e. The van der Waals surface area contributed by atoms with Crippen molar-refractivity contribution in [1.82, 2.24) is 15.3 Å². The zero-order valence-corrected chi connectivity index (χ0v) is 10.9. The molecule has 6 heteroatoms. The highest BCUT2D eigenvalue weighted by Gasteiger charge is 2.16. The Kier molecular flexibility index (Phi) is 3.97. The zero-order valence-electron chi connectivity index (χ0n) is 10.1. The summed E-state index contributed by atoms with van der Waals surface area (Å²) >= 11 is 0. The first kappa shape index (κ1) is 13.7. The Morgan fingerprint density at radius 3 is 2.84 bits per heavy atom. The lowest BCUT2D eigenvalue weighted by Gasteiger charge is -2.16. The Morgan fingerprint density at radius 2 is 2.05 bits per heavy atom. The second kappa shape index (κ2) is 5.50. The number of hydrogen-bond donors (Lipinski definition) is 2. The Labute approximate surface area is 115 Å². The predicted molar refractivity (Wildman–Crippen MR) is 72.9 cm³/mol. The van der Waals surface area contributed by atoms with Crippen molar-refractivity contribution in [3.8, 4) is 11.4 Å². The van der Waals surface area contributed by atoms with E-state index in [-0.39, 0.29) is 23.8 Å². The summed E-state index contributed by atoms with van der Waals surface area (Å²) in [5.41, 5.74) is 1.57. The minimum atomic E-state index is -0.385. The van der Waals surface area contributed by atoms with Crippen LogP contribution in [0.1, 0.15) is 11.3 Å². The Morgan fingerprint density at radius 1 is 1.26 bits per heavy atom. The van der Waals surface area contributed by atoms with Gasteiger partial charge < -0.3 is 10.3 Å². The fourth-order valence-corrected chi connectivity index (χ4v) is 2.15. The van der Waals surface area contributed by atoms with Gasteiger partial charge in [0.25, 0.3) is 5.56 Å². The molecule has 0 fully saturated rings. The first-order chi connectivity index (χ1) is 8.75. The van der Waals surface area contributed by atoms with Crippen molar-refractivity contribution in [2.45, 2.75) is 13.0 Å². The third kappa shape index (κ3) is 2.52. The summed E-state index contributed by atoms with van der Waals surface area (Å²) in [5.74, 6) is -0.0927. The van der Waals surface area contributed by atoms with E-state index in [0.717, 1.165) is 6.54 Å². The number of hydrogen-bond acceptors (Lipinski definition) is 3. The van der Waals surface area contributed by atoms with Gasteiger partial charge in [-0.3, -0.25) is 4.79 Å². The standard InChI is InChI=1S/C13H12FN3O.ClH/c14-10-4-2-1-3-8(10)12-16-11-7-15-6-5-9(11)13(18)17-12;/h1-4,15H,5-7H2,(H,16,17,18);1H. The fraction of sp³-hybridized carbons (Fsp3) is 0.231. The topological polar surface area (TPSA) is 57.8 Å². The SMILES string of the molecule is Cl.O=c1[nH]c(-c2ccccc2F)nc2c1CCNC2. The van der Waals surface area contributed by atoms with Crippen molar-refractivity contribution >= 4 is 12.4 Å². The van der Waals surface area contributed by atoms with Gasteiger partial charge >= 0.3 is 0 Å². The van der Waals surface area contributed by atoms with Crippen LogP contribution in [-0.4, -0.2) is 16.5 Å². The van der Waals surface area contributed by atoms with E-state index in [1.54, 1.807) is 18.2 Å².